The van der Waals surface area contributed by atoms with Crippen molar-refractivity contribution in [3.63, 3.8) is 0 Å². The summed E-state index contributed by atoms with van der Waals surface area (Å²) in [6.45, 7) is 0.616. The predicted molar refractivity (Wildman–Crippen MR) is 111 cm³/mol. The van der Waals surface area contributed by atoms with E-state index in [0.717, 1.165) is 5.56 Å². The van der Waals surface area contributed by atoms with Gasteiger partial charge >= 0.3 is 0 Å². The third-order valence-corrected chi connectivity index (χ3v) is 7.21. The Morgan fingerprint density at radius 3 is 2.72 bits per heavy atom. The molecule has 0 fully saturated rings. The molecule has 0 N–H and O–H groups in total. The Morgan fingerprint density at radius 2 is 1.97 bits per heavy atom. The Morgan fingerprint density at radius 1 is 1.17 bits per heavy atom. The molecule has 0 atom stereocenters. The molecule has 2 heterocycles. The Hall–Kier alpha value is -2.77. The van der Waals surface area contributed by atoms with Crippen LogP contribution >= 0.6 is 11.6 Å². The summed E-state index contributed by atoms with van der Waals surface area (Å²) in [7, 11) is -2.27. The summed E-state index contributed by atoms with van der Waals surface area (Å²) in [6.07, 6.45) is 2.17. The molecule has 1 aromatic heterocycles. The predicted octanol–water partition coefficient (Wildman–Crippen LogP) is 3.96. The summed E-state index contributed by atoms with van der Waals surface area (Å²) in [5.74, 6) is 0.313. The summed E-state index contributed by atoms with van der Waals surface area (Å²) >= 11 is 6.24. The number of fused-ring (bicyclic) bond motifs is 1. The van der Waals surface area contributed by atoms with Crippen LogP contribution in [0.3, 0.4) is 0 Å². The summed E-state index contributed by atoms with van der Waals surface area (Å²) < 4.78 is 33.3. The zero-order valence-electron chi connectivity index (χ0n) is 15.7. The first-order valence-electron chi connectivity index (χ1n) is 9.06. The normalized spacial score (nSPS) is 13.4. The zero-order valence-corrected chi connectivity index (χ0v) is 17.3. The van der Waals surface area contributed by atoms with Gasteiger partial charge in [0, 0.05) is 19.2 Å². The van der Waals surface area contributed by atoms with E-state index in [1.54, 1.807) is 31.3 Å². The number of carbonyl (C=O) groups excluding carboxylic acids is 1. The second kappa shape index (κ2) is 7.57. The van der Waals surface area contributed by atoms with Gasteiger partial charge in [0.2, 0.25) is 0 Å². The number of para-hydroxylation sites is 1. The summed E-state index contributed by atoms with van der Waals surface area (Å²) in [5, 5.41) is 0.0830. The van der Waals surface area contributed by atoms with Crippen LogP contribution in [0.25, 0.3) is 0 Å². The lowest BCUT2D eigenvalue weighted by atomic mass is 10.2. The van der Waals surface area contributed by atoms with Crippen LogP contribution in [0.4, 0.5) is 5.69 Å². The fourth-order valence-corrected chi connectivity index (χ4v) is 5.45. The van der Waals surface area contributed by atoms with Crippen molar-refractivity contribution in [1.29, 1.82) is 0 Å². The number of amides is 1. The molecule has 0 aliphatic carbocycles. The highest BCUT2D eigenvalue weighted by Crippen LogP contribution is 2.35. The molecule has 4 rings (SSSR count). The maximum Gasteiger partial charge on any atom is 0.265 e. The lowest BCUT2D eigenvalue weighted by Crippen LogP contribution is -2.30. The number of anilines is 1. The molecular formula is C21H19ClN2O4S. The first-order chi connectivity index (χ1) is 13.9. The van der Waals surface area contributed by atoms with Crippen molar-refractivity contribution in [3.8, 4) is 0 Å². The molecule has 0 saturated carbocycles. The number of hydrogen-bond acceptors (Lipinski definition) is 4. The number of hydrogen-bond donors (Lipinski definition) is 0. The van der Waals surface area contributed by atoms with Crippen molar-refractivity contribution in [2.24, 2.45) is 0 Å². The van der Waals surface area contributed by atoms with E-state index in [-0.39, 0.29) is 27.9 Å². The van der Waals surface area contributed by atoms with E-state index in [2.05, 4.69) is 0 Å². The van der Waals surface area contributed by atoms with Crippen molar-refractivity contribution in [1.82, 2.24) is 4.90 Å². The van der Waals surface area contributed by atoms with Gasteiger partial charge in [0.25, 0.3) is 15.9 Å². The van der Waals surface area contributed by atoms with Gasteiger partial charge in [-0.25, -0.2) is 8.42 Å². The molecule has 0 bridgehead atoms. The van der Waals surface area contributed by atoms with E-state index in [0.29, 0.717) is 24.4 Å². The van der Waals surface area contributed by atoms with Crippen LogP contribution in [0, 0.1) is 0 Å². The number of furan rings is 1. The highest BCUT2D eigenvalue weighted by atomic mass is 35.5. The second-order valence-electron chi connectivity index (χ2n) is 6.84. The first-order valence-corrected chi connectivity index (χ1v) is 10.9. The van der Waals surface area contributed by atoms with E-state index in [1.165, 1.54) is 33.7 Å². The number of rotatable bonds is 5. The molecule has 6 nitrogen and oxygen atoms in total. The third kappa shape index (κ3) is 3.63. The number of benzene rings is 2. The Bertz CT molecular complexity index is 1160. The monoisotopic (exact) mass is 430 g/mol. The zero-order chi connectivity index (χ0) is 20.6. The van der Waals surface area contributed by atoms with Gasteiger partial charge in [-0.05, 0) is 48.4 Å². The number of sulfonamides is 1. The van der Waals surface area contributed by atoms with Gasteiger partial charge in [-0.2, -0.15) is 0 Å². The molecule has 1 aliphatic rings. The summed E-state index contributed by atoms with van der Waals surface area (Å²) in [6, 6.07) is 15.2. The largest absolute Gasteiger partial charge is 0.467 e. The van der Waals surface area contributed by atoms with Gasteiger partial charge in [-0.3, -0.25) is 9.10 Å². The highest BCUT2D eigenvalue weighted by Gasteiger charge is 2.32. The van der Waals surface area contributed by atoms with Crippen molar-refractivity contribution in [2.45, 2.75) is 17.9 Å². The van der Waals surface area contributed by atoms with E-state index in [9.17, 15) is 13.2 Å². The standard InChI is InChI=1S/C21H19ClN2O4S/c1-23(14-17-6-4-12-28-17)21(25)16-8-9-18(22)20(13-16)29(26,27)24-11-10-15-5-2-3-7-19(15)24/h2-9,12-13H,10-11,14H2,1H3. The maximum atomic E-state index is 13.3. The lowest BCUT2D eigenvalue weighted by Gasteiger charge is -2.21. The molecule has 0 unspecified atom stereocenters. The summed E-state index contributed by atoms with van der Waals surface area (Å²) in [5.41, 5.74) is 1.86. The molecule has 29 heavy (non-hydrogen) atoms. The fraction of sp³-hybridized carbons (Fsp3) is 0.190. The van der Waals surface area contributed by atoms with E-state index >= 15 is 0 Å². The Labute approximate surface area is 174 Å². The van der Waals surface area contributed by atoms with Crippen LogP contribution in [0.15, 0.2) is 70.2 Å². The molecule has 1 aliphatic heterocycles. The molecule has 0 spiro atoms. The van der Waals surface area contributed by atoms with Gasteiger partial charge in [0.05, 0.1) is 23.5 Å². The van der Waals surface area contributed by atoms with Crippen LogP contribution in [0.5, 0.6) is 0 Å². The average Bonchev–Trinajstić information content (AvgIpc) is 3.37. The fourth-order valence-electron chi connectivity index (χ4n) is 3.44. The number of halogens is 1. The molecule has 8 heteroatoms. The average molecular weight is 431 g/mol. The minimum absolute atomic E-state index is 0.0758. The van der Waals surface area contributed by atoms with Gasteiger partial charge in [-0.15, -0.1) is 0 Å². The lowest BCUT2D eigenvalue weighted by molar-refractivity contribution is 0.0775. The molecule has 2 aromatic carbocycles. The molecule has 1 amide bonds. The number of nitrogens with zero attached hydrogens (tertiary/aromatic N) is 2. The van der Waals surface area contributed by atoms with Gasteiger partial charge in [-0.1, -0.05) is 29.8 Å². The second-order valence-corrected chi connectivity index (χ2v) is 9.08. The smallest absolute Gasteiger partial charge is 0.265 e. The van der Waals surface area contributed by atoms with E-state index < -0.39 is 10.0 Å². The van der Waals surface area contributed by atoms with Crippen LogP contribution in [-0.4, -0.2) is 32.8 Å². The minimum atomic E-state index is -3.90. The van der Waals surface area contributed by atoms with Crippen LogP contribution < -0.4 is 4.31 Å². The Balaban J connectivity index is 1.66. The topological polar surface area (TPSA) is 70.8 Å². The van der Waals surface area contributed by atoms with Crippen LogP contribution in [-0.2, 0) is 23.0 Å². The molecule has 0 saturated heterocycles. The SMILES string of the molecule is CN(Cc1ccco1)C(=O)c1ccc(Cl)c(S(=O)(=O)N2CCc3ccccc32)c1. The van der Waals surface area contributed by atoms with Crippen molar-refractivity contribution < 1.29 is 17.6 Å². The molecule has 0 radical (unpaired) electrons. The molecular weight excluding hydrogens is 412 g/mol. The van der Waals surface area contributed by atoms with Gasteiger partial charge < -0.3 is 9.32 Å². The number of carbonyl (C=O) groups is 1. The highest BCUT2D eigenvalue weighted by molar-refractivity contribution is 7.93. The van der Waals surface area contributed by atoms with E-state index in [4.69, 9.17) is 16.0 Å². The summed E-state index contributed by atoms with van der Waals surface area (Å²) in [4.78, 5) is 14.2. The molecule has 150 valence electrons. The van der Waals surface area contributed by atoms with Crippen LogP contribution in [0.1, 0.15) is 21.7 Å². The minimum Gasteiger partial charge on any atom is -0.467 e. The van der Waals surface area contributed by atoms with Gasteiger partial charge in [0.15, 0.2) is 0 Å². The van der Waals surface area contributed by atoms with Crippen molar-refractivity contribution in [3.05, 3.63) is 82.8 Å². The quantitative estimate of drug-likeness (QED) is 0.614. The van der Waals surface area contributed by atoms with Crippen LogP contribution in [0.2, 0.25) is 5.02 Å². The molecule has 3 aromatic rings. The van der Waals surface area contributed by atoms with Gasteiger partial charge in [0.1, 0.15) is 10.7 Å². The van der Waals surface area contributed by atoms with Crippen molar-refractivity contribution in [2.75, 3.05) is 17.9 Å². The van der Waals surface area contributed by atoms with E-state index in [1.807, 2.05) is 12.1 Å². The van der Waals surface area contributed by atoms with Crippen molar-refractivity contribution >= 4 is 33.2 Å². The first kappa shape index (κ1) is 19.5. The Kier molecular flexibility index (Phi) is 5.10. The maximum absolute atomic E-state index is 13.3. The third-order valence-electron chi connectivity index (χ3n) is 4.91.